The fourth-order valence-electron chi connectivity index (χ4n) is 3.10. The summed E-state index contributed by atoms with van der Waals surface area (Å²) >= 11 is 0. The Hall–Kier alpha value is -1.79. The van der Waals surface area contributed by atoms with Gasteiger partial charge in [-0.1, -0.05) is 12.1 Å². The van der Waals surface area contributed by atoms with Gasteiger partial charge in [-0.25, -0.2) is 0 Å². The molecule has 0 aliphatic carbocycles. The van der Waals surface area contributed by atoms with Crippen LogP contribution in [0.2, 0.25) is 0 Å². The van der Waals surface area contributed by atoms with E-state index in [1.165, 1.54) is 5.56 Å². The summed E-state index contributed by atoms with van der Waals surface area (Å²) in [4.78, 5) is 7.17. The number of nitrogens with zero attached hydrogens (tertiary/aromatic N) is 2. The Labute approximate surface area is 157 Å². The molecule has 0 radical (unpaired) electrons. The molecule has 0 spiro atoms. The molecule has 1 atom stereocenters. The molecule has 1 aliphatic rings. The van der Waals surface area contributed by atoms with Gasteiger partial charge in [0.1, 0.15) is 5.75 Å². The highest BCUT2D eigenvalue weighted by Crippen LogP contribution is 2.17. The van der Waals surface area contributed by atoms with Crippen LogP contribution >= 0.6 is 0 Å². The van der Waals surface area contributed by atoms with Crippen LogP contribution in [0.5, 0.6) is 5.75 Å². The van der Waals surface area contributed by atoms with Crippen molar-refractivity contribution < 1.29 is 14.2 Å². The van der Waals surface area contributed by atoms with E-state index >= 15 is 0 Å². The summed E-state index contributed by atoms with van der Waals surface area (Å²) in [7, 11) is 3.40. The van der Waals surface area contributed by atoms with Crippen LogP contribution < -0.4 is 10.1 Å². The van der Waals surface area contributed by atoms with Gasteiger partial charge in [-0.05, 0) is 37.5 Å². The van der Waals surface area contributed by atoms with Gasteiger partial charge in [-0.15, -0.1) is 0 Å². The molecule has 1 fully saturated rings. The number of methoxy groups -OCH3 is 2. The summed E-state index contributed by atoms with van der Waals surface area (Å²) in [6.45, 7) is 7.90. The molecule has 1 unspecified atom stereocenters. The first kappa shape index (κ1) is 20.5. The number of hydrogen-bond donors (Lipinski definition) is 1. The smallest absolute Gasteiger partial charge is 0.193 e. The monoisotopic (exact) mass is 363 g/mol. The maximum absolute atomic E-state index is 5.68. The number of likely N-dealkylation sites (tertiary alicyclic amines) is 1. The zero-order valence-electron chi connectivity index (χ0n) is 16.4. The molecular formula is C20H33N3O3. The van der Waals surface area contributed by atoms with E-state index in [0.717, 1.165) is 57.3 Å². The van der Waals surface area contributed by atoms with Gasteiger partial charge in [-0.2, -0.15) is 0 Å². The molecule has 0 amide bonds. The fraction of sp³-hybridized carbons (Fsp3) is 0.650. The predicted molar refractivity (Wildman–Crippen MR) is 105 cm³/mol. The van der Waals surface area contributed by atoms with Crippen LogP contribution in [0.4, 0.5) is 0 Å². The van der Waals surface area contributed by atoms with Gasteiger partial charge in [0.15, 0.2) is 5.96 Å². The van der Waals surface area contributed by atoms with E-state index in [-0.39, 0.29) is 0 Å². The summed E-state index contributed by atoms with van der Waals surface area (Å²) in [6.07, 6.45) is 2.05. The van der Waals surface area contributed by atoms with Crippen molar-refractivity contribution >= 4 is 5.96 Å². The molecule has 0 bridgehead atoms. The highest BCUT2D eigenvalue weighted by atomic mass is 16.5. The molecule has 1 aromatic carbocycles. The van der Waals surface area contributed by atoms with E-state index in [0.29, 0.717) is 19.1 Å². The molecular weight excluding hydrogens is 330 g/mol. The van der Waals surface area contributed by atoms with Crippen molar-refractivity contribution in [3.05, 3.63) is 29.8 Å². The molecule has 6 heteroatoms. The van der Waals surface area contributed by atoms with Crippen molar-refractivity contribution in [2.24, 2.45) is 10.9 Å². The Balaban J connectivity index is 1.82. The zero-order valence-corrected chi connectivity index (χ0v) is 16.4. The number of guanidine groups is 1. The first-order valence-electron chi connectivity index (χ1n) is 9.49. The minimum atomic E-state index is 0.564. The van der Waals surface area contributed by atoms with Gasteiger partial charge in [0, 0.05) is 39.2 Å². The fourth-order valence-corrected chi connectivity index (χ4v) is 3.10. The molecule has 1 heterocycles. The lowest BCUT2D eigenvalue weighted by Gasteiger charge is -2.21. The van der Waals surface area contributed by atoms with Crippen LogP contribution in [-0.2, 0) is 15.9 Å². The normalized spacial score (nSPS) is 17.6. The first-order chi connectivity index (χ1) is 12.8. The van der Waals surface area contributed by atoms with Gasteiger partial charge >= 0.3 is 0 Å². The molecule has 146 valence electrons. The third-order valence-electron chi connectivity index (χ3n) is 4.50. The summed E-state index contributed by atoms with van der Waals surface area (Å²) in [5.74, 6) is 2.47. The number of ether oxygens (including phenoxy) is 3. The highest BCUT2D eigenvalue weighted by Gasteiger charge is 2.24. The molecule has 6 nitrogen and oxygen atoms in total. The van der Waals surface area contributed by atoms with Gasteiger partial charge in [0.25, 0.3) is 0 Å². The van der Waals surface area contributed by atoms with Gasteiger partial charge in [0.05, 0.1) is 26.9 Å². The third kappa shape index (κ3) is 6.84. The third-order valence-corrected chi connectivity index (χ3v) is 4.50. The Morgan fingerprint density at radius 1 is 1.31 bits per heavy atom. The molecule has 0 aromatic heterocycles. The number of hydrogen-bond acceptors (Lipinski definition) is 4. The number of nitrogens with one attached hydrogen (secondary N) is 1. The maximum Gasteiger partial charge on any atom is 0.193 e. The van der Waals surface area contributed by atoms with E-state index < -0.39 is 0 Å². The van der Waals surface area contributed by atoms with E-state index in [4.69, 9.17) is 19.2 Å². The average Bonchev–Trinajstić information content (AvgIpc) is 3.13. The molecule has 1 saturated heterocycles. The molecule has 1 N–H and O–H groups in total. The molecule has 1 aromatic rings. The van der Waals surface area contributed by atoms with Crippen molar-refractivity contribution in [2.75, 3.05) is 60.2 Å². The lowest BCUT2D eigenvalue weighted by Crippen LogP contribution is -2.40. The predicted octanol–water partition coefficient (Wildman–Crippen LogP) is 2.19. The number of benzene rings is 1. The lowest BCUT2D eigenvalue weighted by molar-refractivity contribution is 0.0536. The Bertz CT molecular complexity index is 551. The van der Waals surface area contributed by atoms with Crippen LogP contribution in [0.15, 0.2) is 29.3 Å². The second kappa shape index (κ2) is 11.8. The van der Waals surface area contributed by atoms with Gasteiger partial charge in [0.2, 0.25) is 0 Å². The van der Waals surface area contributed by atoms with Crippen LogP contribution in [0.1, 0.15) is 18.9 Å². The standard InChI is InChI=1S/C20H33N3O3/c1-4-21-20(22-10-8-17-6-5-7-19(14-17)25-3)23-11-9-18(15-23)16-26-13-12-24-2/h5-7,14,18H,4,8-13,15-16H2,1-3H3,(H,21,22). The van der Waals surface area contributed by atoms with E-state index in [1.54, 1.807) is 14.2 Å². The summed E-state index contributed by atoms with van der Waals surface area (Å²) in [5.41, 5.74) is 1.25. The first-order valence-corrected chi connectivity index (χ1v) is 9.49. The van der Waals surface area contributed by atoms with Crippen molar-refractivity contribution in [3.8, 4) is 5.75 Å². The summed E-state index contributed by atoms with van der Waals surface area (Å²) < 4.78 is 16.0. The SMILES string of the molecule is CCNC(=NCCc1cccc(OC)c1)N1CCC(COCCOC)C1. The van der Waals surface area contributed by atoms with Crippen LogP contribution in [0.25, 0.3) is 0 Å². The van der Waals surface area contributed by atoms with Crippen LogP contribution in [0, 0.1) is 5.92 Å². The second-order valence-corrected chi connectivity index (χ2v) is 6.51. The summed E-state index contributed by atoms with van der Waals surface area (Å²) in [5, 5.41) is 3.42. The Kier molecular flexibility index (Phi) is 9.28. The topological polar surface area (TPSA) is 55.3 Å². The van der Waals surface area contributed by atoms with Gasteiger partial charge in [-0.3, -0.25) is 4.99 Å². The van der Waals surface area contributed by atoms with Crippen molar-refractivity contribution in [2.45, 2.75) is 19.8 Å². The largest absolute Gasteiger partial charge is 0.497 e. The van der Waals surface area contributed by atoms with Crippen LogP contribution in [-0.4, -0.2) is 71.1 Å². The molecule has 1 aliphatic heterocycles. The van der Waals surface area contributed by atoms with E-state index in [9.17, 15) is 0 Å². The lowest BCUT2D eigenvalue weighted by atomic mass is 10.1. The zero-order chi connectivity index (χ0) is 18.6. The van der Waals surface area contributed by atoms with Gasteiger partial charge < -0.3 is 24.4 Å². The summed E-state index contributed by atoms with van der Waals surface area (Å²) in [6, 6.07) is 8.19. The molecule has 0 saturated carbocycles. The number of rotatable bonds is 10. The Morgan fingerprint density at radius 3 is 2.96 bits per heavy atom. The minimum absolute atomic E-state index is 0.564. The number of aliphatic imine (C=N–C) groups is 1. The molecule has 2 rings (SSSR count). The van der Waals surface area contributed by atoms with Crippen molar-refractivity contribution in [1.29, 1.82) is 0 Å². The van der Waals surface area contributed by atoms with E-state index in [1.807, 2.05) is 12.1 Å². The quantitative estimate of drug-likeness (QED) is 0.392. The average molecular weight is 364 g/mol. The Morgan fingerprint density at radius 2 is 2.19 bits per heavy atom. The van der Waals surface area contributed by atoms with Crippen molar-refractivity contribution in [1.82, 2.24) is 10.2 Å². The minimum Gasteiger partial charge on any atom is -0.497 e. The maximum atomic E-state index is 5.68. The van der Waals surface area contributed by atoms with E-state index in [2.05, 4.69) is 29.3 Å². The van der Waals surface area contributed by atoms with Crippen molar-refractivity contribution in [3.63, 3.8) is 0 Å². The highest BCUT2D eigenvalue weighted by molar-refractivity contribution is 5.80. The molecule has 26 heavy (non-hydrogen) atoms. The second-order valence-electron chi connectivity index (χ2n) is 6.51. The van der Waals surface area contributed by atoms with Crippen LogP contribution in [0.3, 0.4) is 0 Å².